The van der Waals surface area contributed by atoms with Crippen LogP contribution in [-0.4, -0.2) is 22.2 Å². The highest BCUT2D eigenvalue weighted by molar-refractivity contribution is 7.10. The van der Waals surface area contributed by atoms with Gasteiger partial charge < -0.3 is 10.4 Å². The summed E-state index contributed by atoms with van der Waals surface area (Å²) in [5.41, 5.74) is -1.93. The molecule has 1 saturated carbocycles. The maximum atomic E-state index is 13.3. The molecule has 0 spiro atoms. The maximum absolute atomic E-state index is 13.3. The van der Waals surface area contributed by atoms with Crippen molar-refractivity contribution >= 4 is 17.2 Å². The Kier molecular flexibility index (Phi) is 4.35. The van der Waals surface area contributed by atoms with Crippen molar-refractivity contribution in [1.29, 1.82) is 0 Å². The van der Waals surface area contributed by atoms with Gasteiger partial charge in [0.1, 0.15) is 0 Å². The van der Waals surface area contributed by atoms with Crippen molar-refractivity contribution in [3.8, 4) is 0 Å². The number of rotatable bonds is 5. The second-order valence-corrected chi connectivity index (χ2v) is 6.72. The second-order valence-electron chi connectivity index (χ2n) is 5.77. The van der Waals surface area contributed by atoms with Crippen LogP contribution in [0.4, 0.5) is 13.2 Å². The summed E-state index contributed by atoms with van der Waals surface area (Å²) in [5.74, 6) is -1.04. The quantitative estimate of drug-likeness (QED) is 0.865. The number of pyridine rings is 1. The van der Waals surface area contributed by atoms with Gasteiger partial charge >= 0.3 is 6.18 Å². The van der Waals surface area contributed by atoms with E-state index in [0.717, 1.165) is 24.5 Å². The first-order valence-electron chi connectivity index (χ1n) is 7.37. The minimum atomic E-state index is -5.12. The highest BCUT2D eigenvalue weighted by Crippen LogP contribution is 2.41. The van der Waals surface area contributed by atoms with E-state index in [0.29, 0.717) is 22.8 Å². The molecule has 8 heteroatoms. The van der Waals surface area contributed by atoms with Gasteiger partial charge in [0, 0.05) is 18.9 Å². The number of amides is 1. The molecule has 1 aliphatic carbocycles. The molecule has 0 unspecified atom stereocenters. The van der Waals surface area contributed by atoms with E-state index in [-0.39, 0.29) is 6.54 Å². The summed E-state index contributed by atoms with van der Waals surface area (Å²) in [4.78, 5) is 15.7. The van der Waals surface area contributed by atoms with Crippen molar-refractivity contribution in [3.63, 3.8) is 0 Å². The smallest absolute Gasteiger partial charge is 0.368 e. The summed E-state index contributed by atoms with van der Waals surface area (Å²) in [5, 5.41) is 13.6. The van der Waals surface area contributed by atoms with Crippen molar-refractivity contribution in [2.75, 3.05) is 0 Å². The van der Waals surface area contributed by atoms with Gasteiger partial charge in [0.25, 0.3) is 11.5 Å². The van der Waals surface area contributed by atoms with Crippen LogP contribution in [0.2, 0.25) is 0 Å². The number of alkyl halides is 3. The molecule has 0 saturated heterocycles. The van der Waals surface area contributed by atoms with Crippen LogP contribution in [0, 0.1) is 0 Å². The number of carbonyl (C=O) groups is 1. The number of nitrogens with one attached hydrogen (secondary N) is 1. The number of aliphatic hydroxyl groups is 1. The highest BCUT2D eigenvalue weighted by atomic mass is 32.1. The van der Waals surface area contributed by atoms with Gasteiger partial charge in [-0.25, -0.2) is 0 Å². The molecule has 128 valence electrons. The number of hydrogen-bond acceptors (Lipinski definition) is 4. The van der Waals surface area contributed by atoms with Crippen LogP contribution in [0.1, 0.15) is 34.8 Å². The van der Waals surface area contributed by atoms with E-state index in [1.54, 1.807) is 6.20 Å². The van der Waals surface area contributed by atoms with Gasteiger partial charge in [-0.1, -0.05) is 12.1 Å². The largest absolute Gasteiger partial charge is 0.431 e. The summed E-state index contributed by atoms with van der Waals surface area (Å²) >= 11 is 0.678. The fourth-order valence-electron chi connectivity index (χ4n) is 2.42. The molecule has 0 aliphatic heterocycles. The Balaban J connectivity index is 1.76. The Morgan fingerprint density at radius 1 is 1.38 bits per heavy atom. The average molecular weight is 356 g/mol. The lowest BCUT2D eigenvalue weighted by Crippen LogP contribution is -2.53. The molecule has 3 rings (SSSR count). The topological polar surface area (TPSA) is 62.2 Å². The molecule has 1 atom stereocenters. The highest BCUT2D eigenvalue weighted by Gasteiger charge is 2.61. The Bertz CT molecular complexity index is 729. The zero-order chi connectivity index (χ0) is 17.4. The third-order valence-corrected chi connectivity index (χ3v) is 4.91. The minimum Gasteiger partial charge on any atom is -0.368 e. The molecule has 1 fully saturated rings. The average Bonchev–Trinajstić information content (AvgIpc) is 3.25. The van der Waals surface area contributed by atoms with Crippen LogP contribution in [0.3, 0.4) is 0 Å². The van der Waals surface area contributed by atoms with Gasteiger partial charge in [0.05, 0.1) is 4.88 Å². The number of carbonyl (C=O) groups excluding carboxylic acids is 1. The van der Waals surface area contributed by atoms with Crippen molar-refractivity contribution in [3.05, 3.63) is 52.0 Å². The van der Waals surface area contributed by atoms with Crippen LogP contribution in [-0.2, 0) is 16.9 Å². The normalized spacial score (nSPS) is 17.3. The van der Waals surface area contributed by atoms with Crippen LogP contribution in [0.15, 0.2) is 36.0 Å². The van der Waals surface area contributed by atoms with Gasteiger partial charge in [0.2, 0.25) is 0 Å². The van der Waals surface area contributed by atoms with E-state index < -0.39 is 22.6 Å². The van der Waals surface area contributed by atoms with Crippen molar-refractivity contribution < 1.29 is 23.1 Å². The van der Waals surface area contributed by atoms with Gasteiger partial charge in [-0.2, -0.15) is 13.2 Å². The molecule has 2 heterocycles. The summed E-state index contributed by atoms with van der Waals surface area (Å²) in [6, 6.07) is 4.27. The molecule has 2 aromatic rings. The number of aromatic nitrogens is 1. The zero-order valence-electron chi connectivity index (χ0n) is 12.5. The molecular weight excluding hydrogens is 341 g/mol. The van der Waals surface area contributed by atoms with Crippen LogP contribution in [0.5, 0.6) is 0 Å². The predicted molar refractivity (Wildman–Crippen MR) is 82.3 cm³/mol. The minimum absolute atomic E-state index is 0.129. The van der Waals surface area contributed by atoms with E-state index in [1.165, 1.54) is 17.6 Å². The van der Waals surface area contributed by atoms with Crippen LogP contribution in [0.25, 0.3) is 0 Å². The van der Waals surface area contributed by atoms with Crippen molar-refractivity contribution in [2.45, 2.75) is 37.1 Å². The summed E-state index contributed by atoms with van der Waals surface area (Å²) in [6.07, 6.45) is 0.244. The Morgan fingerprint density at radius 2 is 2.12 bits per heavy atom. The van der Waals surface area contributed by atoms with Gasteiger partial charge in [-0.05, 0) is 41.3 Å². The second kappa shape index (κ2) is 6.18. The van der Waals surface area contributed by atoms with E-state index in [1.807, 2.05) is 6.07 Å². The van der Waals surface area contributed by atoms with E-state index in [2.05, 4.69) is 10.3 Å². The first-order valence-corrected chi connectivity index (χ1v) is 8.25. The fourth-order valence-corrected chi connectivity index (χ4v) is 3.26. The number of hydrogen-bond donors (Lipinski definition) is 2. The van der Waals surface area contributed by atoms with Gasteiger partial charge in [-0.15, -0.1) is 11.3 Å². The van der Waals surface area contributed by atoms with Gasteiger partial charge in [0.15, 0.2) is 0 Å². The molecule has 0 aromatic carbocycles. The van der Waals surface area contributed by atoms with Crippen molar-refractivity contribution in [1.82, 2.24) is 10.3 Å². The van der Waals surface area contributed by atoms with Crippen molar-refractivity contribution in [2.24, 2.45) is 0 Å². The zero-order valence-corrected chi connectivity index (χ0v) is 13.3. The Hall–Kier alpha value is -1.93. The van der Waals surface area contributed by atoms with Crippen LogP contribution >= 0.6 is 11.3 Å². The molecule has 1 aliphatic rings. The van der Waals surface area contributed by atoms with E-state index in [4.69, 9.17) is 0 Å². The predicted octanol–water partition coefficient (Wildman–Crippen LogP) is 3.09. The van der Waals surface area contributed by atoms with Gasteiger partial charge in [-0.3, -0.25) is 9.78 Å². The lowest BCUT2D eigenvalue weighted by atomic mass is 10.00. The standard InChI is InChI=1S/C16H15F3N2O2S/c17-16(18,19)15(23,13-2-1-5-24-13)14(22)21-8-10-6-12(9-20-7-10)11-3-4-11/h1-2,5-7,9,11,23H,3-4,8H2,(H,21,22)/t15-/m1/s1. The monoisotopic (exact) mass is 356 g/mol. The molecule has 4 nitrogen and oxygen atoms in total. The Morgan fingerprint density at radius 3 is 2.71 bits per heavy atom. The molecule has 1 amide bonds. The summed E-state index contributed by atoms with van der Waals surface area (Å²) in [6.45, 7) is -0.129. The first kappa shape index (κ1) is 16.9. The summed E-state index contributed by atoms with van der Waals surface area (Å²) < 4.78 is 39.9. The molecule has 0 bridgehead atoms. The summed E-state index contributed by atoms with van der Waals surface area (Å²) in [7, 11) is 0. The fraction of sp³-hybridized carbons (Fsp3) is 0.375. The number of nitrogens with zero attached hydrogens (tertiary/aromatic N) is 1. The van der Waals surface area contributed by atoms with Crippen LogP contribution < -0.4 is 5.32 Å². The number of halogens is 3. The SMILES string of the molecule is O=C(NCc1cncc(C2CC2)c1)[C@](O)(c1cccs1)C(F)(F)F. The van der Waals surface area contributed by atoms with E-state index in [9.17, 15) is 23.1 Å². The maximum Gasteiger partial charge on any atom is 0.431 e. The third-order valence-electron chi connectivity index (χ3n) is 3.93. The third kappa shape index (κ3) is 3.16. The molecule has 2 aromatic heterocycles. The molecule has 24 heavy (non-hydrogen) atoms. The number of thiophene rings is 1. The molecule has 0 radical (unpaired) electrons. The lowest BCUT2D eigenvalue weighted by Gasteiger charge is -2.28. The first-order chi connectivity index (χ1) is 11.3. The van der Waals surface area contributed by atoms with E-state index >= 15 is 0 Å². The Labute approximate surface area is 140 Å². The lowest BCUT2D eigenvalue weighted by molar-refractivity contribution is -0.255. The molecule has 2 N–H and O–H groups in total. The molecular formula is C16H15F3N2O2S.